The summed E-state index contributed by atoms with van der Waals surface area (Å²) in [5.74, 6) is 0.904. The van der Waals surface area contributed by atoms with Gasteiger partial charge in [-0.3, -0.25) is 4.57 Å². The molecule has 1 aliphatic rings. The molecule has 7 heteroatoms. The zero-order chi connectivity index (χ0) is 11.8. The van der Waals surface area contributed by atoms with Gasteiger partial charge in [-0.25, -0.2) is 15.0 Å². The molecule has 1 saturated heterocycles. The summed E-state index contributed by atoms with van der Waals surface area (Å²) < 4.78 is 7.68. The average molecular weight is 254 g/mol. The fourth-order valence-electron chi connectivity index (χ4n) is 2.09. The van der Waals surface area contributed by atoms with Gasteiger partial charge in [-0.1, -0.05) is 0 Å². The van der Waals surface area contributed by atoms with Gasteiger partial charge in [0.2, 0.25) is 0 Å². The van der Waals surface area contributed by atoms with E-state index in [0.717, 1.165) is 12.8 Å². The minimum atomic E-state index is -0.0574. The van der Waals surface area contributed by atoms with Crippen molar-refractivity contribution in [2.45, 2.75) is 25.2 Å². The Balaban J connectivity index is 1.99. The molecule has 2 aromatic rings. The molecule has 90 valence electrons. The molecule has 1 aliphatic heterocycles. The highest BCUT2D eigenvalue weighted by Crippen LogP contribution is 2.31. The number of alkyl halides is 1. The number of fused-ring (bicyclic) bond motifs is 1. The first-order valence-corrected chi connectivity index (χ1v) is 5.97. The van der Waals surface area contributed by atoms with Gasteiger partial charge in [0.05, 0.1) is 12.4 Å². The van der Waals surface area contributed by atoms with E-state index in [0.29, 0.717) is 22.9 Å². The van der Waals surface area contributed by atoms with Crippen LogP contribution in [0.2, 0.25) is 0 Å². The Labute approximate surface area is 103 Å². The molecule has 3 rings (SSSR count). The Morgan fingerprint density at radius 1 is 1.41 bits per heavy atom. The number of nitrogens with two attached hydrogens (primary N) is 1. The summed E-state index contributed by atoms with van der Waals surface area (Å²) in [6, 6.07) is 0. The van der Waals surface area contributed by atoms with E-state index in [9.17, 15) is 0 Å². The Morgan fingerprint density at radius 3 is 3.06 bits per heavy atom. The predicted octanol–water partition coefficient (Wildman–Crippen LogP) is 1.32. The van der Waals surface area contributed by atoms with Crippen LogP contribution >= 0.6 is 11.6 Å². The number of imidazole rings is 1. The fraction of sp³-hybridized carbons (Fsp3) is 0.500. The molecule has 3 heterocycles. The van der Waals surface area contributed by atoms with Crippen LogP contribution in [0.25, 0.3) is 11.2 Å². The fourth-order valence-corrected chi connectivity index (χ4v) is 2.31. The number of nitrogens with zero attached hydrogens (tertiary/aromatic N) is 4. The SMILES string of the molecule is Nc1ncnc2c1ncn2[C@H]1CC[C@@H](CCl)O1. The third-order valence-corrected chi connectivity index (χ3v) is 3.30. The molecule has 2 N–H and O–H groups in total. The average Bonchev–Trinajstić information content (AvgIpc) is 2.94. The number of anilines is 1. The van der Waals surface area contributed by atoms with Crippen molar-refractivity contribution in [2.24, 2.45) is 0 Å². The van der Waals surface area contributed by atoms with Gasteiger partial charge >= 0.3 is 0 Å². The molecule has 0 amide bonds. The van der Waals surface area contributed by atoms with Crippen molar-refractivity contribution in [3.05, 3.63) is 12.7 Å². The van der Waals surface area contributed by atoms with Crippen molar-refractivity contribution in [3.8, 4) is 0 Å². The largest absolute Gasteiger partial charge is 0.382 e. The molecule has 17 heavy (non-hydrogen) atoms. The van der Waals surface area contributed by atoms with E-state index in [-0.39, 0.29) is 12.3 Å². The van der Waals surface area contributed by atoms with Crippen molar-refractivity contribution in [2.75, 3.05) is 11.6 Å². The zero-order valence-electron chi connectivity index (χ0n) is 9.08. The van der Waals surface area contributed by atoms with Gasteiger partial charge in [0.25, 0.3) is 0 Å². The zero-order valence-corrected chi connectivity index (χ0v) is 9.84. The first-order chi connectivity index (χ1) is 8.29. The van der Waals surface area contributed by atoms with Crippen molar-refractivity contribution in [3.63, 3.8) is 0 Å². The first-order valence-electron chi connectivity index (χ1n) is 5.44. The van der Waals surface area contributed by atoms with E-state index in [1.807, 2.05) is 4.57 Å². The lowest BCUT2D eigenvalue weighted by Gasteiger charge is -2.13. The summed E-state index contributed by atoms with van der Waals surface area (Å²) in [5.41, 5.74) is 7.06. The molecule has 0 unspecified atom stereocenters. The van der Waals surface area contributed by atoms with Crippen LogP contribution in [0.1, 0.15) is 19.1 Å². The Bertz CT molecular complexity index is 542. The number of aromatic nitrogens is 4. The Kier molecular flexibility index (Phi) is 2.60. The second-order valence-corrected chi connectivity index (χ2v) is 4.34. The number of ether oxygens (including phenoxy) is 1. The lowest BCUT2D eigenvalue weighted by atomic mass is 10.2. The maximum Gasteiger partial charge on any atom is 0.167 e. The van der Waals surface area contributed by atoms with Gasteiger partial charge in [-0.2, -0.15) is 0 Å². The van der Waals surface area contributed by atoms with Crippen LogP contribution in [0.5, 0.6) is 0 Å². The standard InChI is InChI=1S/C10H12ClN5O/c11-3-6-1-2-7(17-6)16-5-15-8-9(12)13-4-14-10(8)16/h4-7H,1-3H2,(H2,12,13,14)/t6-,7+/m0/s1. The van der Waals surface area contributed by atoms with Crippen LogP contribution < -0.4 is 5.73 Å². The summed E-state index contributed by atoms with van der Waals surface area (Å²) in [6.45, 7) is 0. The normalized spacial score (nSPS) is 24.5. The number of hydrogen-bond donors (Lipinski definition) is 1. The van der Waals surface area contributed by atoms with Crippen molar-refractivity contribution < 1.29 is 4.74 Å². The molecule has 0 bridgehead atoms. The van der Waals surface area contributed by atoms with E-state index in [1.54, 1.807) is 6.33 Å². The molecule has 2 aromatic heterocycles. The smallest absolute Gasteiger partial charge is 0.167 e. The minimum absolute atomic E-state index is 0.0574. The van der Waals surface area contributed by atoms with E-state index in [1.165, 1.54) is 6.33 Å². The van der Waals surface area contributed by atoms with Gasteiger partial charge in [-0.05, 0) is 12.8 Å². The number of nitrogen functional groups attached to an aromatic ring is 1. The third-order valence-electron chi connectivity index (χ3n) is 2.95. The second kappa shape index (κ2) is 4.12. The van der Waals surface area contributed by atoms with Crippen LogP contribution in [0.3, 0.4) is 0 Å². The molecule has 0 spiro atoms. The number of hydrogen-bond acceptors (Lipinski definition) is 5. The van der Waals surface area contributed by atoms with Crippen LogP contribution in [-0.4, -0.2) is 31.5 Å². The summed E-state index contributed by atoms with van der Waals surface area (Å²) in [4.78, 5) is 12.3. The summed E-state index contributed by atoms with van der Waals surface area (Å²) >= 11 is 5.78. The Hall–Kier alpha value is -1.40. The second-order valence-electron chi connectivity index (χ2n) is 4.03. The van der Waals surface area contributed by atoms with Gasteiger partial charge in [0, 0.05) is 5.88 Å². The first kappa shape index (κ1) is 10.7. The van der Waals surface area contributed by atoms with Crippen molar-refractivity contribution in [1.82, 2.24) is 19.5 Å². The summed E-state index contributed by atoms with van der Waals surface area (Å²) in [5, 5.41) is 0. The van der Waals surface area contributed by atoms with E-state index in [2.05, 4.69) is 15.0 Å². The monoisotopic (exact) mass is 253 g/mol. The molecular formula is C10H12ClN5O. The van der Waals surface area contributed by atoms with Gasteiger partial charge in [-0.15, -0.1) is 11.6 Å². The minimum Gasteiger partial charge on any atom is -0.382 e. The summed E-state index contributed by atoms with van der Waals surface area (Å²) in [7, 11) is 0. The van der Waals surface area contributed by atoms with Gasteiger partial charge < -0.3 is 10.5 Å². The molecular weight excluding hydrogens is 242 g/mol. The molecule has 2 atom stereocenters. The van der Waals surface area contributed by atoms with Crippen LogP contribution in [-0.2, 0) is 4.74 Å². The van der Waals surface area contributed by atoms with Crippen molar-refractivity contribution in [1.29, 1.82) is 0 Å². The molecule has 0 aromatic carbocycles. The third kappa shape index (κ3) is 1.73. The molecule has 1 fully saturated rings. The number of halogens is 1. The molecule has 0 saturated carbocycles. The molecule has 6 nitrogen and oxygen atoms in total. The quantitative estimate of drug-likeness (QED) is 0.817. The number of rotatable bonds is 2. The van der Waals surface area contributed by atoms with E-state index >= 15 is 0 Å². The topological polar surface area (TPSA) is 78.9 Å². The van der Waals surface area contributed by atoms with Gasteiger partial charge in [0.15, 0.2) is 11.5 Å². The highest BCUT2D eigenvalue weighted by molar-refractivity contribution is 6.18. The van der Waals surface area contributed by atoms with Crippen LogP contribution in [0, 0.1) is 0 Å². The lowest BCUT2D eigenvalue weighted by molar-refractivity contribution is 0.0147. The maximum absolute atomic E-state index is 5.79. The lowest BCUT2D eigenvalue weighted by Crippen LogP contribution is -2.12. The van der Waals surface area contributed by atoms with Crippen LogP contribution in [0.4, 0.5) is 5.82 Å². The van der Waals surface area contributed by atoms with Crippen LogP contribution in [0.15, 0.2) is 12.7 Å². The Morgan fingerprint density at radius 2 is 2.29 bits per heavy atom. The summed E-state index contributed by atoms with van der Waals surface area (Å²) in [6.07, 6.45) is 5.04. The highest BCUT2D eigenvalue weighted by atomic mass is 35.5. The predicted molar refractivity (Wildman–Crippen MR) is 63.6 cm³/mol. The molecule has 0 radical (unpaired) electrons. The molecule has 0 aliphatic carbocycles. The van der Waals surface area contributed by atoms with Crippen molar-refractivity contribution >= 4 is 28.6 Å². The maximum atomic E-state index is 5.79. The van der Waals surface area contributed by atoms with Gasteiger partial charge in [0.1, 0.15) is 18.1 Å². The van der Waals surface area contributed by atoms with E-state index in [4.69, 9.17) is 22.1 Å². The highest BCUT2D eigenvalue weighted by Gasteiger charge is 2.27. The van der Waals surface area contributed by atoms with E-state index < -0.39 is 0 Å².